The molecule has 17 heavy (non-hydrogen) atoms. The van der Waals surface area contributed by atoms with Gasteiger partial charge < -0.3 is 10.4 Å². The number of hydrogen-bond donors (Lipinski definition) is 2. The van der Waals surface area contributed by atoms with Gasteiger partial charge in [-0.05, 0) is 19.3 Å². The van der Waals surface area contributed by atoms with Crippen molar-refractivity contribution in [3.8, 4) is 0 Å². The van der Waals surface area contributed by atoms with E-state index in [1.807, 2.05) is 6.92 Å². The van der Waals surface area contributed by atoms with Crippen LogP contribution < -0.4 is 5.32 Å². The number of hydrogen-bond acceptors (Lipinski definition) is 2. The number of aliphatic carboxylic acids is 1. The van der Waals surface area contributed by atoms with Crippen LogP contribution in [0.1, 0.15) is 58.3 Å². The standard InChI is InChI=1S/C13H23NO3/c1-2-6-11(9-12(15)16)14-13(17)10-7-4-3-5-8-10/h10-11H,2-9H2,1H3,(H,14,17)(H,15,16). The van der Waals surface area contributed by atoms with E-state index >= 15 is 0 Å². The normalized spacial score (nSPS) is 18.6. The highest BCUT2D eigenvalue weighted by Crippen LogP contribution is 2.24. The van der Waals surface area contributed by atoms with Crippen LogP contribution in [0.25, 0.3) is 0 Å². The highest BCUT2D eigenvalue weighted by atomic mass is 16.4. The van der Waals surface area contributed by atoms with Gasteiger partial charge in [0.1, 0.15) is 0 Å². The Morgan fingerprint density at radius 1 is 1.29 bits per heavy atom. The van der Waals surface area contributed by atoms with Crippen LogP contribution in [0.3, 0.4) is 0 Å². The van der Waals surface area contributed by atoms with Gasteiger partial charge in [0, 0.05) is 12.0 Å². The predicted octanol–water partition coefficient (Wildman–Crippen LogP) is 2.33. The molecule has 0 spiro atoms. The van der Waals surface area contributed by atoms with Gasteiger partial charge in [0.2, 0.25) is 5.91 Å². The Morgan fingerprint density at radius 2 is 1.94 bits per heavy atom. The molecule has 1 atom stereocenters. The molecule has 4 nitrogen and oxygen atoms in total. The third kappa shape index (κ3) is 5.20. The number of carbonyl (C=O) groups excluding carboxylic acids is 1. The van der Waals surface area contributed by atoms with Gasteiger partial charge in [0.15, 0.2) is 0 Å². The van der Waals surface area contributed by atoms with E-state index in [0.717, 1.165) is 38.5 Å². The quantitative estimate of drug-likeness (QED) is 0.750. The number of carboxylic acids is 1. The van der Waals surface area contributed by atoms with E-state index in [-0.39, 0.29) is 24.3 Å². The van der Waals surface area contributed by atoms with Crippen molar-refractivity contribution in [3.63, 3.8) is 0 Å². The maximum atomic E-state index is 12.0. The van der Waals surface area contributed by atoms with Crippen LogP contribution in [0.2, 0.25) is 0 Å². The summed E-state index contributed by atoms with van der Waals surface area (Å²) in [5.41, 5.74) is 0. The van der Waals surface area contributed by atoms with Crippen molar-refractivity contribution in [2.45, 2.75) is 64.3 Å². The second kappa shape index (κ2) is 7.30. The topological polar surface area (TPSA) is 66.4 Å². The second-order valence-electron chi connectivity index (χ2n) is 4.93. The predicted molar refractivity (Wildman–Crippen MR) is 65.7 cm³/mol. The molecule has 1 aliphatic carbocycles. The molecule has 0 saturated heterocycles. The van der Waals surface area contributed by atoms with E-state index in [4.69, 9.17) is 5.11 Å². The molecule has 1 aliphatic rings. The molecule has 1 unspecified atom stereocenters. The average molecular weight is 241 g/mol. The van der Waals surface area contributed by atoms with Crippen LogP contribution in [0, 0.1) is 5.92 Å². The Bertz CT molecular complexity index is 259. The summed E-state index contributed by atoms with van der Waals surface area (Å²) in [5.74, 6) is -0.673. The van der Waals surface area contributed by atoms with Gasteiger partial charge >= 0.3 is 5.97 Å². The fourth-order valence-electron chi connectivity index (χ4n) is 2.47. The van der Waals surface area contributed by atoms with Crippen molar-refractivity contribution < 1.29 is 14.7 Å². The minimum Gasteiger partial charge on any atom is -0.481 e. The monoisotopic (exact) mass is 241 g/mol. The first kappa shape index (κ1) is 14.0. The summed E-state index contributed by atoms with van der Waals surface area (Å²) in [7, 11) is 0. The number of carboxylic acid groups (broad SMARTS) is 1. The lowest BCUT2D eigenvalue weighted by Gasteiger charge is -2.24. The highest BCUT2D eigenvalue weighted by Gasteiger charge is 2.23. The molecule has 1 saturated carbocycles. The summed E-state index contributed by atoms with van der Waals surface area (Å²) >= 11 is 0. The summed E-state index contributed by atoms with van der Waals surface area (Å²) in [6, 6.07) is -0.202. The second-order valence-corrected chi connectivity index (χ2v) is 4.93. The van der Waals surface area contributed by atoms with E-state index in [1.165, 1.54) is 6.42 Å². The lowest BCUT2D eigenvalue weighted by Crippen LogP contribution is -2.40. The number of nitrogens with one attached hydrogen (secondary N) is 1. The van der Waals surface area contributed by atoms with Crippen LogP contribution >= 0.6 is 0 Å². The third-order valence-electron chi connectivity index (χ3n) is 3.38. The zero-order valence-electron chi connectivity index (χ0n) is 10.6. The Hall–Kier alpha value is -1.06. The maximum absolute atomic E-state index is 12.0. The van der Waals surface area contributed by atoms with Gasteiger partial charge in [-0.1, -0.05) is 32.6 Å². The number of carbonyl (C=O) groups is 2. The molecule has 0 radical (unpaired) electrons. The fourth-order valence-corrected chi connectivity index (χ4v) is 2.47. The lowest BCUT2D eigenvalue weighted by atomic mass is 9.88. The van der Waals surface area contributed by atoms with Crippen molar-refractivity contribution in [2.24, 2.45) is 5.92 Å². The SMILES string of the molecule is CCCC(CC(=O)O)NC(=O)C1CCCCC1. The van der Waals surface area contributed by atoms with Crippen molar-refractivity contribution in [1.29, 1.82) is 0 Å². The van der Waals surface area contributed by atoms with Crippen LogP contribution in [-0.2, 0) is 9.59 Å². The molecule has 0 aromatic rings. The molecule has 0 aliphatic heterocycles. The molecule has 4 heteroatoms. The molecule has 1 fully saturated rings. The summed E-state index contributed by atoms with van der Waals surface area (Å²) in [5, 5.41) is 11.7. The molecular formula is C13H23NO3. The first-order valence-electron chi connectivity index (χ1n) is 6.65. The van der Waals surface area contributed by atoms with E-state index in [0.29, 0.717) is 0 Å². The average Bonchev–Trinajstić information content (AvgIpc) is 2.29. The summed E-state index contributed by atoms with van der Waals surface area (Å²) in [4.78, 5) is 22.7. The molecule has 1 rings (SSSR count). The summed E-state index contributed by atoms with van der Waals surface area (Å²) in [6.45, 7) is 2.00. The molecule has 0 aromatic heterocycles. The smallest absolute Gasteiger partial charge is 0.305 e. The van der Waals surface area contributed by atoms with Gasteiger partial charge in [-0.25, -0.2) is 0 Å². The number of rotatable bonds is 6. The Labute approximate surface area is 103 Å². The van der Waals surface area contributed by atoms with Gasteiger partial charge in [0.05, 0.1) is 6.42 Å². The fraction of sp³-hybridized carbons (Fsp3) is 0.846. The van der Waals surface area contributed by atoms with Gasteiger partial charge in [0.25, 0.3) is 0 Å². The molecule has 0 aromatic carbocycles. The molecule has 0 heterocycles. The van der Waals surface area contributed by atoms with Crippen molar-refractivity contribution >= 4 is 11.9 Å². The zero-order valence-corrected chi connectivity index (χ0v) is 10.6. The van der Waals surface area contributed by atoms with Gasteiger partial charge in [-0.15, -0.1) is 0 Å². The van der Waals surface area contributed by atoms with Gasteiger partial charge in [-0.2, -0.15) is 0 Å². The van der Waals surface area contributed by atoms with E-state index in [1.54, 1.807) is 0 Å². The van der Waals surface area contributed by atoms with E-state index in [9.17, 15) is 9.59 Å². The van der Waals surface area contributed by atoms with Crippen molar-refractivity contribution in [1.82, 2.24) is 5.32 Å². The minimum absolute atomic E-state index is 0.0340. The molecule has 98 valence electrons. The molecule has 2 N–H and O–H groups in total. The summed E-state index contributed by atoms with van der Waals surface area (Å²) < 4.78 is 0. The highest BCUT2D eigenvalue weighted by molar-refractivity contribution is 5.79. The first-order chi connectivity index (χ1) is 8.13. The van der Waals surface area contributed by atoms with Crippen LogP contribution in [-0.4, -0.2) is 23.0 Å². The van der Waals surface area contributed by atoms with E-state index < -0.39 is 5.97 Å². The Kier molecular flexibility index (Phi) is 6.01. The zero-order chi connectivity index (χ0) is 12.7. The van der Waals surface area contributed by atoms with Crippen LogP contribution in [0.5, 0.6) is 0 Å². The van der Waals surface area contributed by atoms with Crippen molar-refractivity contribution in [3.05, 3.63) is 0 Å². The van der Waals surface area contributed by atoms with E-state index in [2.05, 4.69) is 5.32 Å². The minimum atomic E-state index is -0.840. The Morgan fingerprint density at radius 3 is 2.47 bits per heavy atom. The Balaban J connectivity index is 2.41. The van der Waals surface area contributed by atoms with Gasteiger partial charge in [-0.3, -0.25) is 9.59 Å². The number of amides is 1. The molecule has 0 bridgehead atoms. The third-order valence-corrected chi connectivity index (χ3v) is 3.38. The lowest BCUT2D eigenvalue weighted by molar-refractivity contribution is -0.138. The maximum Gasteiger partial charge on any atom is 0.305 e. The first-order valence-corrected chi connectivity index (χ1v) is 6.65. The molecule has 1 amide bonds. The molecular weight excluding hydrogens is 218 g/mol. The van der Waals surface area contributed by atoms with Crippen LogP contribution in [0.15, 0.2) is 0 Å². The largest absolute Gasteiger partial charge is 0.481 e. The summed E-state index contributed by atoms with van der Waals surface area (Å²) in [6.07, 6.45) is 7.04. The van der Waals surface area contributed by atoms with Crippen LogP contribution in [0.4, 0.5) is 0 Å². The van der Waals surface area contributed by atoms with Crippen molar-refractivity contribution in [2.75, 3.05) is 0 Å².